The molecule has 0 amide bonds. The van der Waals surface area contributed by atoms with Gasteiger partial charge < -0.3 is 15.1 Å². The molecule has 1 aliphatic carbocycles. The van der Waals surface area contributed by atoms with Gasteiger partial charge in [0.1, 0.15) is 11.8 Å². The first-order chi connectivity index (χ1) is 17.2. The summed E-state index contributed by atoms with van der Waals surface area (Å²) in [7, 11) is 0. The third-order valence-corrected chi connectivity index (χ3v) is 6.80. The second kappa shape index (κ2) is 8.76. The van der Waals surface area contributed by atoms with Crippen molar-refractivity contribution < 1.29 is 14.0 Å². The molecule has 1 aromatic heterocycles. The molecule has 0 saturated carbocycles. The van der Waals surface area contributed by atoms with Crippen LogP contribution in [0.1, 0.15) is 52.0 Å². The molecule has 2 heterocycles. The van der Waals surface area contributed by atoms with Gasteiger partial charge in [-0.1, -0.05) is 60.7 Å². The highest BCUT2D eigenvalue weighted by Gasteiger charge is 2.37. The van der Waals surface area contributed by atoms with Crippen LogP contribution in [0, 0.1) is 0 Å². The van der Waals surface area contributed by atoms with E-state index in [4.69, 9.17) is 4.42 Å². The maximum Gasteiger partial charge on any atom is 0.193 e. The molecule has 172 valence electrons. The number of nitrogens with one attached hydrogen (secondary N) is 2. The lowest BCUT2D eigenvalue weighted by Crippen LogP contribution is -2.26. The second-order valence-corrected chi connectivity index (χ2v) is 9.00. The third kappa shape index (κ3) is 3.95. The SMILES string of the molecule is O=C1C[C@H](c2ccccc2)CC2=C1[C@@H](c1ccco1)Nc1ccc(C(=O)c3ccccc3)cc1N2. The number of carbonyl (C=O) groups is 2. The van der Waals surface area contributed by atoms with E-state index in [1.807, 2.05) is 78.9 Å². The standard InChI is InChI=1S/C30H24N2O3/c33-26-18-22(19-8-3-1-4-9-19)17-25-28(26)29(27-12-7-15-35-27)32-23-14-13-21(16-24(23)31-25)30(34)20-10-5-2-6-11-20/h1-16,22,29,31-32H,17-18H2/t22-,29-/m1/s1. The van der Waals surface area contributed by atoms with Gasteiger partial charge in [-0.3, -0.25) is 9.59 Å². The molecule has 5 heteroatoms. The van der Waals surface area contributed by atoms with Gasteiger partial charge in [0.05, 0.1) is 17.6 Å². The largest absolute Gasteiger partial charge is 0.467 e. The molecule has 4 aromatic rings. The number of ketones is 2. The van der Waals surface area contributed by atoms with Gasteiger partial charge in [-0.2, -0.15) is 0 Å². The lowest BCUT2D eigenvalue weighted by Gasteiger charge is -2.29. The summed E-state index contributed by atoms with van der Waals surface area (Å²) in [5.41, 5.74) is 5.52. The van der Waals surface area contributed by atoms with Gasteiger partial charge in [-0.25, -0.2) is 0 Å². The van der Waals surface area contributed by atoms with Crippen molar-refractivity contribution in [3.63, 3.8) is 0 Å². The summed E-state index contributed by atoms with van der Waals surface area (Å²) in [6, 6.07) is 28.3. The van der Waals surface area contributed by atoms with Crippen molar-refractivity contribution in [1.29, 1.82) is 0 Å². The predicted octanol–water partition coefficient (Wildman–Crippen LogP) is 6.49. The fourth-order valence-electron chi connectivity index (χ4n) is 5.08. The maximum absolute atomic E-state index is 13.5. The Kier molecular flexibility index (Phi) is 5.30. The summed E-state index contributed by atoms with van der Waals surface area (Å²) in [5.74, 6) is 0.819. The number of anilines is 2. The number of hydrogen-bond donors (Lipinski definition) is 2. The molecular formula is C30H24N2O3. The number of carbonyl (C=O) groups excluding carboxylic acids is 2. The Morgan fingerprint density at radius 3 is 2.31 bits per heavy atom. The summed E-state index contributed by atoms with van der Waals surface area (Å²) in [5, 5.41) is 7.04. The molecule has 35 heavy (non-hydrogen) atoms. The van der Waals surface area contributed by atoms with Crippen molar-refractivity contribution >= 4 is 22.9 Å². The third-order valence-electron chi connectivity index (χ3n) is 6.80. The van der Waals surface area contributed by atoms with E-state index in [9.17, 15) is 9.59 Å². The van der Waals surface area contributed by atoms with Crippen LogP contribution in [0.2, 0.25) is 0 Å². The molecule has 2 N–H and O–H groups in total. The van der Waals surface area contributed by atoms with Gasteiger partial charge in [0.15, 0.2) is 11.6 Å². The lowest BCUT2D eigenvalue weighted by molar-refractivity contribution is -0.116. The summed E-state index contributed by atoms with van der Waals surface area (Å²) in [4.78, 5) is 26.7. The first-order valence-corrected chi connectivity index (χ1v) is 11.8. The zero-order valence-corrected chi connectivity index (χ0v) is 19.0. The molecule has 6 rings (SSSR count). The normalized spacial score (nSPS) is 19.1. The number of allylic oxidation sites excluding steroid dienone is 1. The van der Waals surface area contributed by atoms with Crippen LogP contribution < -0.4 is 10.6 Å². The van der Waals surface area contributed by atoms with Gasteiger partial charge in [0.2, 0.25) is 0 Å². The monoisotopic (exact) mass is 460 g/mol. The van der Waals surface area contributed by atoms with Crippen molar-refractivity contribution in [2.75, 3.05) is 10.6 Å². The highest BCUT2D eigenvalue weighted by molar-refractivity contribution is 6.10. The Bertz CT molecular complexity index is 1420. The van der Waals surface area contributed by atoms with E-state index < -0.39 is 6.04 Å². The van der Waals surface area contributed by atoms with Crippen LogP contribution in [0.3, 0.4) is 0 Å². The van der Waals surface area contributed by atoms with E-state index in [0.717, 1.165) is 22.6 Å². The first kappa shape index (κ1) is 21.2. The van der Waals surface area contributed by atoms with Gasteiger partial charge >= 0.3 is 0 Å². The minimum atomic E-state index is -0.409. The Hall–Kier alpha value is -4.38. The van der Waals surface area contributed by atoms with Crippen molar-refractivity contribution in [1.82, 2.24) is 0 Å². The number of rotatable bonds is 4. The van der Waals surface area contributed by atoms with E-state index >= 15 is 0 Å². The average molecular weight is 461 g/mol. The van der Waals surface area contributed by atoms with Crippen molar-refractivity contribution in [3.8, 4) is 0 Å². The summed E-state index contributed by atoms with van der Waals surface area (Å²) >= 11 is 0. The van der Waals surface area contributed by atoms with Crippen LogP contribution in [0.25, 0.3) is 0 Å². The van der Waals surface area contributed by atoms with Crippen LogP contribution in [0.4, 0.5) is 11.4 Å². The van der Waals surface area contributed by atoms with E-state index in [-0.39, 0.29) is 17.5 Å². The number of furan rings is 1. The zero-order chi connectivity index (χ0) is 23.8. The molecular weight excluding hydrogens is 436 g/mol. The first-order valence-electron chi connectivity index (χ1n) is 11.8. The highest BCUT2D eigenvalue weighted by atomic mass is 16.3. The summed E-state index contributed by atoms with van der Waals surface area (Å²) < 4.78 is 5.74. The van der Waals surface area contributed by atoms with E-state index in [1.54, 1.807) is 6.26 Å². The molecule has 2 aliphatic rings. The topological polar surface area (TPSA) is 71.3 Å². The summed E-state index contributed by atoms with van der Waals surface area (Å²) in [6.07, 6.45) is 2.76. The van der Waals surface area contributed by atoms with Crippen molar-refractivity contribution in [2.24, 2.45) is 0 Å². The van der Waals surface area contributed by atoms with Gasteiger partial charge in [-0.15, -0.1) is 0 Å². The Labute approximate surface area is 203 Å². The van der Waals surface area contributed by atoms with E-state index in [1.165, 1.54) is 0 Å². The van der Waals surface area contributed by atoms with Gasteiger partial charge in [0.25, 0.3) is 0 Å². The minimum Gasteiger partial charge on any atom is -0.467 e. The number of hydrogen-bond acceptors (Lipinski definition) is 5. The summed E-state index contributed by atoms with van der Waals surface area (Å²) in [6.45, 7) is 0. The van der Waals surface area contributed by atoms with Crippen LogP contribution in [-0.4, -0.2) is 11.6 Å². The molecule has 3 aromatic carbocycles. The highest BCUT2D eigenvalue weighted by Crippen LogP contribution is 2.44. The van der Waals surface area contributed by atoms with Crippen LogP contribution in [0.15, 0.2) is 113 Å². The zero-order valence-electron chi connectivity index (χ0n) is 19.0. The molecule has 2 atom stereocenters. The smallest absolute Gasteiger partial charge is 0.193 e. The second-order valence-electron chi connectivity index (χ2n) is 9.00. The molecule has 0 unspecified atom stereocenters. The fourth-order valence-corrected chi connectivity index (χ4v) is 5.08. The molecule has 5 nitrogen and oxygen atoms in total. The Morgan fingerprint density at radius 2 is 1.57 bits per heavy atom. The Morgan fingerprint density at radius 1 is 0.800 bits per heavy atom. The minimum absolute atomic E-state index is 0.0434. The van der Waals surface area contributed by atoms with Crippen LogP contribution in [0.5, 0.6) is 0 Å². The van der Waals surface area contributed by atoms with E-state index in [2.05, 4.69) is 22.8 Å². The molecule has 0 radical (unpaired) electrons. The predicted molar refractivity (Wildman–Crippen MR) is 135 cm³/mol. The number of fused-ring (bicyclic) bond motifs is 1. The molecule has 0 spiro atoms. The average Bonchev–Trinajstić information content (AvgIpc) is 3.38. The Balaban J connectivity index is 1.42. The van der Waals surface area contributed by atoms with Crippen molar-refractivity contribution in [2.45, 2.75) is 24.8 Å². The van der Waals surface area contributed by atoms with Crippen molar-refractivity contribution in [3.05, 3.63) is 131 Å². The van der Waals surface area contributed by atoms with Gasteiger partial charge in [-0.05, 0) is 48.2 Å². The van der Waals surface area contributed by atoms with Crippen LogP contribution in [-0.2, 0) is 4.79 Å². The lowest BCUT2D eigenvalue weighted by atomic mass is 9.79. The van der Waals surface area contributed by atoms with Gasteiger partial charge in [0, 0.05) is 28.8 Å². The van der Waals surface area contributed by atoms with E-state index in [0.29, 0.717) is 35.3 Å². The maximum atomic E-state index is 13.5. The quantitative estimate of drug-likeness (QED) is 0.341. The number of Topliss-reactive ketones (excluding diaryl/α,β-unsaturated/α-hetero) is 1. The molecule has 0 bridgehead atoms. The van der Waals surface area contributed by atoms with Crippen LogP contribution >= 0.6 is 0 Å². The number of benzene rings is 3. The fraction of sp³-hybridized carbons (Fsp3) is 0.133. The molecule has 0 saturated heterocycles. The molecule has 1 aliphatic heterocycles. The molecule has 0 fully saturated rings.